The van der Waals surface area contributed by atoms with E-state index in [2.05, 4.69) is 0 Å². The third-order valence-electron chi connectivity index (χ3n) is 1.74. The predicted molar refractivity (Wildman–Crippen MR) is 59.6 cm³/mol. The Kier molecular flexibility index (Phi) is 4.87. The molecule has 0 saturated heterocycles. The Morgan fingerprint density at radius 3 is 2.57 bits per heavy atom. The van der Waals surface area contributed by atoms with Gasteiger partial charge in [0, 0.05) is 25.2 Å². The minimum atomic E-state index is 0. The number of carbonyl (C=O) groups excluding carboxylic acids is 1. The maximum Gasteiger partial charge on any atom is 0.150 e. The second-order valence-corrected chi connectivity index (χ2v) is 2.99. The van der Waals surface area contributed by atoms with Crippen LogP contribution in [0, 0.1) is 5.41 Å². The van der Waals surface area contributed by atoms with Crippen molar-refractivity contribution in [1.82, 2.24) is 4.90 Å². The van der Waals surface area contributed by atoms with E-state index in [-0.39, 0.29) is 12.4 Å². The largest absolute Gasteiger partial charge is 0.363 e. The van der Waals surface area contributed by atoms with Crippen molar-refractivity contribution >= 4 is 24.5 Å². The Balaban J connectivity index is 0.00000169. The van der Waals surface area contributed by atoms with Gasteiger partial charge >= 0.3 is 0 Å². The lowest BCUT2D eigenvalue weighted by Crippen LogP contribution is -2.21. The van der Waals surface area contributed by atoms with Gasteiger partial charge in [-0.25, -0.2) is 0 Å². The summed E-state index contributed by atoms with van der Waals surface area (Å²) in [4.78, 5) is 12.2. The first kappa shape index (κ1) is 12.7. The molecule has 0 fully saturated rings. The molecule has 0 saturated carbocycles. The number of nitrogens with zero attached hydrogens (tertiary/aromatic N) is 1. The molecule has 76 valence electrons. The molecule has 0 spiro atoms. The fraction of sp³-hybridized carbons (Fsp3) is 0.200. The second kappa shape index (κ2) is 5.40. The van der Waals surface area contributed by atoms with Crippen LogP contribution in [-0.4, -0.2) is 31.1 Å². The number of halogens is 1. The molecule has 1 N–H and O–H groups in total. The number of amidine groups is 1. The normalized spacial score (nSPS) is 8.71. The molecule has 0 aliphatic rings. The van der Waals surface area contributed by atoms with Gasteiger partial charge in [0.2, 0.25) is 0 Å². The van der Waals surface area contributed by atoms with Crippen molar-refractivity contribution in [1.29, 1.82) is 5.41 Å². The molecule has 0 bridgehead atoms. The summed E-state index contributed by atoms with van der Waals surface area (Å²) in [6, 6.07) is 7.02. The average molecular weight is 213 g/mol. The zero-order chi connectivity index (χ0) is 9.84. The number of hydrogen-bond donors (Lipinski definition) is 1. The van der Waals surface area contributed by atoms with Crippen molar-refractivity contribution in [3.63, 3.8) is 0 Å². The fourth-order valence-electron chi connectivity index (χ4n) is 1.02. The fourth-order valence-corrected chi connectivity index (χ4v) is 1.02. The van der Waals surface area contributed by atoms with Gasteiger partial charge in [-0.2, -0.15) is 0 Å². The van der Waals surface area contributed by atoms with Crippen molar-refractivity contribution < 1.29 is 4.79 Å². The van der Waals surface area contributed by atoms with Crippen LogP contribution in [0.15, 0.2) is 24.3 Å². The maximum absolute atomic E-state index is 10.5. The lowest BCUT2D eigenvalue weighted by atomic mass is 10.1. The van der Waals surface area contributed by atoms with E-state index >= 15 is 0 Å². The summed E-state index contributed by atoms with van der Waals surface area (Å²) in [5, 5.41) is 7.67. The van der Waals surface area contributed by atoms with Gasteiger partial charge in [-0.3, -0.25) is 10.2 Å². The third kappa shape index (κ3) is 2.85. The van der Waals surface area contributed by atoms with Crippen LogP contribution in [-0.2, 0) is 0 Å². The number of carbonyl (C=O) groups is 1. The highest BCUT2D eigenvalue weighted by Gasteiger charge is 2.02. The first-order valence-corrected chi connectivity index (χ1v) is 3.96. The smallest absolute Gasteiger partial charge is 0.150 e. The Morgan fingerprint density at radius 1 is 1.43 bits per heavy atom. The quantitative estimate of drug-likeness (QED) is 0.462. The minimum absolute atomic E-state index is 0. The summed E-state index contributed by atoms with van der Waals surface area (Å²) in [6.07, 6.45) is 0.784. The number of nitrogens with one attached hydrogen (secondary N) is 1. The summed E-state index contributed by atoms with van der Waals surface area (Å²) >= 11 is 0. The molecule has 0 atom stereocenters. The molecule has 4 heteroatoms. The zero-order valence-electron chi connectivity index (χ0n) is 8.15. The van der Waals surface area contributed by atoms with Crippen molar-refractivity contribution in [2.24, 2.45) is 0 Å². The van der Waals surface area contributed by atoms with E-state index in [4.69, 9.17) is 5.41 Å². The highest BCUT2D eigenvalue weighted by molar-refractivity contribution is 5.97. The van der Waals surface area contributed by atoms with Crippen molar-refractivity contribution in [2.75, 3.05) is 14.1 Å². The van der Waals surface area contributed by atoms with Crippen LogP contribution in [0.5, 0.6) is 0 Å². The first-order chi connectivity index (χ1) is 6.15. The predicted octanol–water partition coefficient (Wildman–Crippen LogP) is 1.81. The number of benzene rings is 1. The van der Waals surface area contributed by atoms with Gasteiger partial charge in [0.05, 0.1) is 0 Å². The van der Waals surface area contributed by atoms with Crippen molar-refractivity contribution in [3.8, 4) is 0 Å². The molecular formula is C10H13ClN2O. The van der Waals surface area contributed by atoms with E-state index in [1.165, 1.54) is 0 Å². The first-order valence-electron chi connectivity index (χ1n) is 3.96. The molecule has 0 unspecified atom stereocenters. The monoisotopic (exact) mass is 212 g/mol. The van der Waals surface area contributed by atoms with Gasteiger partial charge in [-0.05, 0) is 6.07 Å². The number of aldehydes is 1. The van der Waals surface area contributed by atoms with E-state index < -0.39 is 0 Å². The Hall–Kier alpha value is -1.35. The van der Waals surface area contributed by atoms with Gasteiger partial charge in [0.1, 0.15) is 12.1 Å². The molecule has 0 radical (unpaired) electrons. The van der Waals surface area contributed by atoms with E-state index in [1.54, 1.807) is 37.2 Å². The minimum Gasteiger partial charge on any atom is -0.363 e. The summed E-state index contributed by atoms with van der Waals surface area (Å²) in [6.45, 7) is 0. The molecule has 1 aromatic rings. The molecular weight excluding hydrogens is 200 g/mol. The molecule has 0 amide bonds. The highest BCUT2D eigenvalue weighted by atomic mass is 35.5. The van der Waals surface area contributed by atoms with Crippen LogP contribution in [0.2, 0.25) is 0 Å². The van der Waals surface area contributed by atoms with Crippen LogP contribution in [0.4, 0.5) is 0 Å². The molecule has 1 rings (SSSR count). The van der Waals surface area contributed by atoms with Crippen LogP contribution in [0.1, 0.15) is 15.9 Å². The molecule has 0 aliphatic carbocycles. The Labute approximate surface area is 89.7 Å². The lowest BCUT2D eigenvalue weighted by molar-refractivity contribution is 0.112. The van der Waals surface area contributed by atoms with E-state index in [1.807, 2.05) is 6.07 Å². The van der Waals surface area contributed by atoms with Gasteiger partial charge in [0.25, 0.3) is 0 Å². The van der Waals surface area contributed by atoms with Crippen LogP contribution < -0.4 is 0 Å². The van der Waals surface area contributed by atoms with E-state index in [0.29, 0.717) is 11.4 Å². The third-order valence-corrected chi connectivity index (χ3v) is 1.74. The number of hydrogen-bond acceptors (Lipinski definition) is 2. The molecule has 14 heavy (non-hydrogen) atoms. The van der Waals surface area contributed by atoms with E-state index in [0.717, 1.165) is 11.8 Å². The van der Waals surface area contributed by atoms with Crippen molar-refractivity contribution in [3.05, 3.63) is 35.4 Å². The molecule has 0 heterocycles. The Bertz CT molecular complexity index is 337. The molecule has 3 nitrogen and oxygen atoms in total. The van der Waals surface area contributed by atoms with E-state index in [9.17, 15) is 4.79 Å². The summed E-state index contributed by atoms with van der Waals surface area (Å²) < 4.78 is 0. The summed E-state index contributed by atoms with van der Waals surface area (Å²) in [7, 11) is 3.60. The standard InChI is InChI=1S/C10H12N2O.ClH/c1-12(2)10(11)9-5-3-4-8(6-9)7-13;/h3-7,11H,1-2H3;1H. The second-order valence-electron chi connectivity index (χ2n) is 2.99. The Morgan fingerprint density at radius 2 is 2.07 bits per heavy atom. The van der Waals surface area contributed by atoms with Gasteiger partial charge in [-0.1, -0.05) is 18.2 Å². The van der Waals surface area contributed by atoms with Gasteiger partial charge < -0.3 is 4.90 Å². The SMILES string of the molecule is CN(C)C(=N)c1cccc(C=O)c1.Cl. The van der Waals surface area contributed by atoms with Crippen LogP contribution in [0.3, 0.4) is 0 Å². The van der Waals surface area contributed by atoms with Crippen LogP contribution in [0.25, 0.3) is 0 Å². The molecule has 1 aromatic carbocycles. The molecule has 0 aromatic heterocycles. The lowest BCUT2D eigenvalue weighted by Gasteiger charge is -2.13. The average Bonchev–Trinajstić information content (AvgIpc) is 2.16. The van der Waals surface area contributed by atoms with Gasteiger partial charge in [0.15, 0.2) is 0 Å². The zero-order valence-corrected chi connectivity index (χ0v) is 8.97. The topological polar surface area (TPSA) is 44.2 Å². The van der Waals surface area contributed by atoms with Crippen LogP contribution >= 0.6 is 12.4 Å². The summed E-state index contributed by atoms with van der Waals surface area (Å²) in [5.41, 5.74) is 1.36. The summed E-state index contributed by atoms with van der Waals surface area (Å²) in [5.74, 6) is 0.406. The van der Waals surface area contributed by atoms with Gasteiger partial charge in [-0.15, -0.1) is 12.4 Å². The van der Waals surface area contributed by atoms with Crippen molar-refractivity contribution in [2.45, 2.75) is 0 Å². The number of rotatable bonds is 2. The highest BCUT2D eigenvalue weighted by Crippen LogP contribution is 2.04. The maximum atomic E-state index is 10.5. The molecule has 0 aliphatic heterocycles.